The summed E-state index contributed by atoms with van der Waals surface area (Å²) in [4.78, 5) is 39.6. The van der Waals surface area contributed by atoms with Gasteiger partial charge in [-0.05, 0) is 43.7 Å². The van der Waals surface area contributed by atoms with Crippen LogP contribution in [0.5, 0.6) is 5.75 Å². The zero-order chi connectivity index (χ0) is 27.7. The van der Waals surface area contributed by atoms with Gasteiger partial charge in [-0.15, -0.1) is 11.3 Å². The first-order chi connectivity index (χ1) is 18.8. The molecule has 0 radical (unpaired) electrons. The molecule has 13 heteroatoms. The van der Waals surface area contributed by atoms with Gasteiger partial charge in [0.15, 0.2) is 5.82 Å². The minimum Gasteiger partial charge on any atom is -0.496 e. The van der Waals surface area contributed by atoms with Crippen molar-refractivity contribution in [2.24, 2.45) is 0 Å². The molecule has 4 N–H and O–H groups in total. The van der Waals surface area contributed by atoms with Gasteiger partial charge in [-0.1, -0.05) is 6.07 Å². The van der Waals surface area contributed by atoms with E-state index in [4.69, 9.17) is 4.74 Å². The third kappa shape index (κ3) is 5.18. The lowest BCUT2D eigenvalue weighted by Gasteiger charge is -2.28. The maximum Gasteiger partial charge on any atom is 0.404 e. The number of amides is 2. The molecular formula is C26H25FN6O5S. The van der Waals surface area contributed by atoms with Gasteiger partial charge in [0, 0.05) is 12.7 Å². The Morgan fingerprint density at radius 2 is 2.05 bits per heavy atom. The summed E-state index contributed by atoms with van der Waals surface area (Å²) < 4.78 is 20.8. The van der Waals surface area contributed by atoms with Crippen LogP contribution in [0.25, 0.3) is 21.6 Å². The number of fused-ring (bicyclic) bond motifs is 1. The van der Waals surface area contributed by atoms with Crippen LogP contribution in [0.1, 0.15) is 21.9 Å². The minimum absolute atomic E-state index is 0.00337. The van der Waals surface area contributed by atoms with E-state index in [0.717, 1.165) is 9.71 Å². The molecule has 2 amide bonds. The highest BCUT2D eigenvalue weighted by Crippen LogP contribution is 2.40. The molecule has 1 aliphatic heterocycles. The van der Waals surface area contributed by atoms with Gasteiger partial charge < -0.3 is 30.5 Å². The summed E-state index contributed by atoms with van der Waals surface area (Å²) in [6, 6.07) is 8.50. The van der Waals surface area contributed by atoms with Crippen LogP contribution >= 0.6 is 11.3 Å². The van der Waals surface area contributed by atoms with E-state index in [-0.39, 0.29) is 36.0 Å². The van der Waals surface area contributed by atoms with Crippen LogP contribution in [0.4, 0.5) is 20.6 Å². The van der Waals surface area contributed by atoms with Crippen molar-refractivity contribution in [1.29, 1.82) is 0 Å². The van der Waals surface area contributed by atoms with Gasteiger partial charge in [0.2, 0.25) is 0 Å². The second-order valence-corrected chi connectivity index (χ2v) is 10.2. The number of nitrogens with zero attached hydrogens (tertiary/aromatic N) is 4. The minimum atomic E-state index is -1.15. The third-order valence-electron chi connectivity index (χ3n) is 6.44. The Labute approximate surface area is 226 Å². The van der Waals surface area contributed by atoms with Gasteiger partial charge in [-0.25, -0.2) is 24.1 Å². The monoisotopic (exact) mass is 552 g/mol. The van der Waals surface area contributed by atoms with E-state index in [9.17, 15) is 24.2 Å². The van der Waals surface area contributed by atoms with E-state index >= 15 is 0 Å². The average molecular weight is 553 g/mol. The molecule has 0 unspecified atom stereocenters. The zero-order valence-electron chi connectivity index (χ0n) is 21.0. The number of hydrogen-bond donors (Lipinski definition) is 4. The Bertz CT molecular complexity index is 1560. The molecule has 1 fully saturated rings. The molecule has 11 nitrogen and oxygen atoms in total. The van der Waals surface area contributed by atoms with Crippen LogP contribution in [0.3, 0.4) is 0 Å². The second kappa shape index (κ2) is 10.8. The Morgan fingerprint density at radius 1 is 1.23 bits per heavy atom. The fraction of sp³-hybridized carbons (Fsp3) is 0.269. The first-order valence-electron chi connectivity index (χ1n) is 12.0. The SMILES string of the molecule is COc1cccc(F)c1-c1nccc(C(=O)Nc2ccc3sc(C)nc3c2N2C[C@H](NC(=O)O)C[C@H]2CO)n1. The molecule has 0 saturated carbocycles. The van der Waals surface area contributed by atoms with Crippen molar-refractivity contribution in [2.75, 3.05) is 30.5 Å². The molecule has 2 aromatic heterocycles. The van der Waals surface area contributed by atoms with Crippen LogP contribution in [0.2, 0.25) is 0 Å². The summed E-state index contributed by atoms with van der Waals surface area (Å²) in [5.41, 5.74) is 1.65. The lowest BCUT2D eigenvalue weighted by molar-refractivity contribution is 0.102. The third-order valence-corrected chi connectivity index (χ3v) is 7.37. The number of aliphatic hydroxyl groups excluding tert-OH is 1. The van der Waals surface area contributed by atoms with E-state index < -0.39 is 29.9 Å². The number of anilines is 2. The lowest BCUT2D eigenvalue weighted by Crippen LogP contribution is -2.37. The number of halogens is 1. The van der Waals surface area contributed by atoms with Crippen molar-refractivity contribution in [3.05, 3.63) is 59.1 Å². The Morgan fingerprint density at radius 3 is 2.79 bits per heavy atom. The summed E-state index contributed by atoms with van der Waals surface area (Å²) in [6.45, 7) is 1.93. The largest absolute Gasteiger partial charge is 0.496 e. The molecule has 3 heterocycles. The summed E-state index contributed by atoms with van der Waals surface area (Å²) in [7, 11) is 1.40. The highest BCUT2D eigenvalue weighted by Gasteiger charge is 2.35. The van der Waals surface area contributed by atoms with Crippen LogP contribution in [-0.2, 0) is 0 Å². The first kappa shape index (κ1) is 26.3. The highest BCUT2D eigenvalue weighted by molar-refractivity contribution is 7.18. The van der Waals surface area contributed by atoms with E-state index in [1.807, 2.05) is 17.9 Å². The summed E-state index contributed by atoms with van der Waals surface area (Å²) in [5.74, 6) is -0.938. The van der Waals surface area contributed by atoms with Crippen molar-refractivity contribution in [2.45, 2.75) is 25.4 Å². The fourth-order valence-electron chi connectivity index (χ4n) is 4.81. The summed E-state index contributed by atoms with van der Waals surface area (Å²) in [5, 5.41) is 25.5. The molecule has 1 aliphatic rings. The van der Waals surface area contributed by atoms with Crippen molar-refractivity contribution in [3.63, 3.8) is 0 Å². The van der Waals surface area contributed by atoms with Gasteiger partial charge in [-0.2, -0.15) is 0 Å². The number of carboxylic acid groups (broad SMARTS) is 1. The van der Waals surface area contributed by atoms with Crippen LogP contribution < -0.4 is 20.3 Å². The van der Waals surface area contributed by atoms with Crippen molar-refractivity contribution < 1.29 is 28.9 Å². The number of benzene rings is 2. The number of rotatable bonds is 7. The number of hydrogen-bond acceptors (Lipinski definition) is 9. The number of carbonyl (C=O) groups excluding carboxylic acids is 1. The predicted octanol–water partition coefficient (Wildman–Crippen LogP) is 3.67. The van der Waals surface area contributed by atoms with E-state index in [1.54, 1.807) is 12.1 Å². The maximum atomic E-state index is 14.6. The lowest BCUT2D eigenvalue weighted by atomic mass is 10.1. The van der Waals surface area contributed by atoms with Gasteiger partial charge in [-0.3, -0.25) is 4.79 Å². The van der Waals surface area contributed by atoms with Gasteiger partial charge >= 0.3 is 6.09 Å². The number of aliphatic hydroxyl groups is 1. The van der Waals surface area contributed by atoms with Crippen LogP contribution in [0.15, 0.2) is 42.6 Å². The molecule has 1 saturated heterocycles. The van der Waals surface area contributed by atoms with Gasteiger partial charge in [0.1, 0.15) is 22.8 Å². The molecule has 0 aliphatic carbocycles. The Kier molecular flexibility index (Phi) is 7.26. The number of nitrogens with one attached hydrogen (secondary N) is 2. The molecule has 5 rings (SSSR count). The zero-order valence-corrected chi connectivity index (χ0v) is 21.8. The molecule has 4 aromatic rings. The molecular weight excluding hydrogens is 527 g/mol. The van der Waals surface area contributed by atoms with Crippen molar-refractivity contribution in [1.82, 2.24) is 20.3 Å². The Balaban J connectivity index is 1.52. The molecule has 202 valence electrons. The van der Waals surface area contributed by atoms with Crippen molar-refractivity contribution >= 4 is 44.9 Å². The number of aryl methyl sites for hydroxylation is 1. The number of ether oxygens (including phenoxy) is 1. The van der Waals surface area contributed by atoms with Crippen LogP contribution in [0, 0.1) is 12.7 Å². The van der Waals surface area contributed by atoms with Crippen LogP contribution in [-0.4, -0.2) is 69.5 Å². The highest BCUT2D eigenvalue weighted by atomic mass is 32.1. The van der Waals surface area contributed by atoms with E-state index in [0.29, 0.717) is 23.3 Å². The standard InChI is InChI=1S/C26H25FN6O5S/c1-13-29-22-20(39-13)7-6-17(23(22)33-11-14(30-26(36)37)10-15(33)12-34)32-25(35)18-8-9-28-24(31-18)21-16(27)4-3-5-19(21)38-2/h3-9,14-15,30,34H,10-12H2,1-2H3,(H,32,35)(H,36,37)/t14-,15+/m1/s1. The molecule has 0 bridgehead atoms. The van der Waals surface area contributed by atoms with E-state index in [2.05, 4.69) is 25.6 Å². The smallest absolute Gasteiger partial charge is 0.404 e. The summed E-state index contributed by atoms with van der Waals surface area (Å²) >= 11 is 1.48. The number of methoxy groups -OCH3 is 1. The summed E-state index contributed by atoms with van der Waals surface area (Å²) in [6.07, 6.45) is 0.595. The second-order valence-electron chi connectivity index (χ2n) is 8.95. The average Bonchev–Trinajstić information content (AvgIpc) is 3.49. The fourth-order valence-corrected chi connectivity index (χ4v) is 5.64. The van der Waals surface area contributed by atoms with E-state index in [1.165, 1.54) is 42.8 Å². The maximum absolute atomic E-state index is 14.6. The first-order valence-corrected chi connectivity index (χ1v) is 12.8. The van der Waals surface area contributed by atoms with Crippen molar-refractivity contribution in [3.8, 4) is 17.1 Å². The quantitative estimate of drug-likeness (QED) is 0.269. The number of aromatic nitrogens is 3. The van der Waals surface area contributed by atoms with Gasteiger partial charge in [0.05, 0.1) is 52.4 Å². The molecule has 2 atom stereocenters. The van der Waals surface area contributed by atoms with Gasteiger partial charge in [0.25, 0.3) is 5.91 Å². The predicted molar refractivity (Wildman–Crippen MR) is 144 cm³/mol. The topological polar surface area (TPSA) is 150 Å². The molecule has 39 heavy (non-hydrogen) atoms. The molecule has 2 aromatic carbocycles. The number of carbonyl (C=O) groups is 2. The molecule has 0 spiro atoms. The number of thiazole rings is 1. The normalized spacial score (nSPS) is 16.9. The Hall–Kier alpha value is -4.36.